The number of nitrogens with one attached hydrogen (secondary N) is 1. The predicted octanol–water partition coefficient (Wildman–Crippen LogP) is 4.68. The van der Waals surface area contributed by atoms with Crippen LogP contribution in [0.25, 0.3) is 0 Å². The molecular formula is C14H25NS. The van der Waals surface area contributed by atoms with E-state index in [1.165, 1.54) is 35.4 Å². The van der Waals surface area contributed by atoms with Gasteiger partial charge in [-0.15, -0.1) is 11.3 Å². The van der Waals surface area contributed by atoms with E-state index < -0.39 is 0 Å². The molecule has 1 N–H and O–H groups in total. The zero-order chi connectivity index (χ0) is 12.0. The minimum Gasteiger partial charge on any atom is -0.307 e. The number of hydrogen-bond donors (Lipinski definition) is 1. The molecule has 0 radical (unpaired) electrons. The Kier molecular flexibility index (Phi) is 6.07. The Balaban J connectivity index is 2.45. The minimum atomic E-state index is 0.500. The van der Waals surface area contributed by atoms with Crippen LogP contribution in [0, 0.1) is 6.92 Å². The van der Waals surface area contributed by atoms with Gasteiger partial charge in [0.1, 0.15) is 0 Å². The Morgan fingerprint density at radius 3 is 2.56 bits per heavy atom. The first-order valence-electron chi connectivity index (χ1n) is 6.49. The van der Waals surface area contributed by atoms with Gasteiger partial charge in [0.25, 0.3) is 0 Å². The maximum atomic E-state index is 3.74. The van der Waals surface area contributed by atoms with Gasteiger partial charge in [-0.05, 0) is 38.8 Å². The number of aryl methyl sites for hydroxylation is 1. The topological polar surface area (TPSA) is 12.0 Å². The molecule has 0 saturated heterocycles. The quantitative estimate of drug-likeness (QED) is 0.728. The molecule has 0 bridgehead atoms. The van der Waals surface area contributed by atoms with Crippen molar-refractivity contribution in [2.45, 2.75) is 65.5 Å². The van der Waals surface area contributed by atoms with Crippen molar-refractivity contribution < 1.29 is 0 Å². The van der Waals surface area contributed by atoms with E-state index in [0.717, 1.165) is 0 Å². The molecule has 0 fully saturated rings. The zero-order valence-corrected chi connectivity index (χ0v) is 11.9. The average Bonchev–Trinajstić information content (AvgIpc) is 2.70. The lowest BCUT2D eigenvalue weighted by Crippen LogP contribution is -2.30. The second-order valence-corrected chi connectivity index (χ2v) is 5.90. The largest absolute Gasteiger partial charge is 0.307 e. The molecule has 0 amide bonds. The molecule has 0 aliphatic rings. The molecule has 2 heteroatoms. The molecule has 0 saturated carbocycles. The lowest BCUT2D eigenvalue weighted by Gasteiger charge is -2.21. The van der Waals surface area contributed by atoms with E-state index in [0.29, 0.717) is 12.1 Å². The van der Waals surface area contributed by atoms with E-state index in [4.69, 9.17) is 0 Å². The summed E-state index contributed by atoms with van der Waals surface area (Å²) in [4.78, 5) is 2.87. The molecular weight excluding hydrogens is 214 g/mol. The molecule has 1 nitrogen and oxygen atoms in total. The maximum absolute atomic E-state index is 3.74. The first kappa shape index (κ1) is 13.7. The van der Waals surface area contributed by atoms with Crippen LogP contribution in [0.4, 0.5) is 0 Å². The molecule has 2 atom stereocenters. The first-order chi connectivity index (χ1) is 7.67. The van der Waals surface area contributed by atoms with Gasteiger partial charge in [-0.2, -0.15) is 0 Å². The van der Waals surface area contributed by atoms with Crippen LogP contribution < -0.4 is 5.32 Å². The summed E-state index contributed by atoms with van der Waals surface area (Å²) in [5, 5.41) is 3.74. The Morgan fingerprint density at radius 1 is 1.31 bits per heavy atom. The summed E-state index contributed by atoms with van der Waals surface area (Å²) in [5.74, 6) is 0. The molecule has 2 unspecified atom stereocenters. The van der Waals surface area contributed by atoms with E-state index >= 15 is 0 Å². The van der Waals surface area contributed by atoms with Gasteiger partial charge in [-0.25, -0.2) is 0 Å². The lowest BCUT2D eigenvalue weighted by atomic mass is 10.1. The van der Waals surface area contributed by atoms with Crippen LogP contribution in [-0.4, -0.2) is 6.04 Å². The molecule has 1 rings (SSSR count). The van der Waals surface area contributed by atoms with Crippen LogP contribution in [0.5, 0.6) is 0 Å². The fraction of sp³-hybridized carbons (Fsp3) is 0.714. The van der Waals surface area contributed by atoms with Gasteiger partial charge in [0.05, 0.1) is 0 Å². The van der Waals surface area contributed by atoms with E-state index in [2.05, 4.69) is 45.1 Å². The van der Waals surface area contributed by atoms with E-state index in [1.54, 1.807) is 0 Å². The highest BCUT2D eigenvalue weighted by molar-refractivity contribution is 7.12. The van der Waals surface area contributed by atoms with Crippen molar-refractivity contribution in [3.8, 4) is 0 Å². The molecule has 0 aromatic carbocycles. The van der Waals surface area contributed by atoms with Gasteiger partial charge >= 0.3 is 0 Å². The van der Waals surface area contributed by atoms with Crippen molar-refractivity contribution in [3.63, 3.8) is 0 Å². The lowest BCUT2D eigenvalue weighted by molar-refractivity contribution is 0.413. The normalized spacial score (nSPS) is 15.0. The van der Waals surface area contributed by atoms with Crippen molar-refractivity contribution in [2.24, 2.45) is 0 Å². The highest BCUT2D eigenvalue weighted by Crippen LogP contribution is 2.23. The summed E-state index contributed by atoms with van der Waals surface area (Å²) in [6.45, 7) is 8.99. The summed E-state index contributed by atoms with van der Waals surface area (Å²) < 4.78 is 0. The van der Waals surface area contributed by atoms with Crippen molar-refractivity contribution in [2.75, 3.05) is 0 Å². The van der Waals surface area contributed by atoms with Gasteiger partial charge in [-0.3, -0.25) is 0 Å². The number of unbranched alkanes of at least 4 members (excludes halogenated alkanes) is 1. The molecule has 0 spiro atoms. The van der Waals surface area contributed by atoms with Crippen LogP contribution in [-0.2, 0) is 0 Å². The van der Waals surface area contributed by atoms with Gasteiger partial charge in [0.15, 0.2) is 0 Å². The summed E-state index contributed by atoms with van der Waals surface area (Å²) in [6.07, 6.45) is 5.17. The Hall–Kier alpha value is -0.340. The molecule has 0 aliphatic heterocycles. The van der Waals surface area contributed by atoms with Crippen LogP contribution >= 0.6 is 11.3 Å². The standard InChI is InChI=1S/C14H25NS/c1-5-7-8-13(6-2)15-12(4)14-10-9-11(3)16-14/h9-10,12-13,15H,5-8H2,1-4H3. The van der Waals surface area contributed by atoms with Crippen LogP contribution in [0.3, 0.4) is 0 Å². The molecule has 1 aromatic heterocycles. The average molecular weight is 239 g/mol. The SMILES string of the molecule is CCCCC(CC)NC(C)c1ccc(C)s1. The number of thiophene rings is 1. The van der Waals surface area contributed by atoms with E-state index in [1.807, 2.05) is 11.3 Å². The van der Waals surface area contributed by atoms with Crippen molar-refractivity contribution >= 4 is 11.3 Å². The predicted molar refractivity (Wildman–Crippen MR) is 74.2 cm³/mol. The summed E-state index contributed by atoms with van der Waals surface area (Å²) >= 11 is 1.91. The molecule has 0 aliphatic carbocycles. The Bertz CT molecular complexity index is 293. The summed E-state index contributed by atoms with van der Waals surface area (Å²) in [5.41, 5.74) is 0. The molecule has 92 valence electrons. The van der Waals surface area contributed by atoms with Crippen molar-refractivity contribution in [3.05, 3.63) is 21.9 Å². The zero-order valence-electron chi connectivity index (χ0n) is 11.0. The fourth-order valence-electron chi connectivity index (χ4n) is 1.98. The van der Waals surface area contributed by atoms with E-state index in [9.17, 15) is 0 Å². The third kappa shape index (κ3) is 4.26. The first-order valence-corrected chi connectivity index (χ1v) is 7.31. The number of hydrogen-bond acceptors (Lipinski definition) is 2. The van der Waals surface area contributed by atoms with E-state index in [-0.39, 0.29) is 0 Å². The van der Waals surface area contributed by atoms with Crippen LogP contribution in [0.1, 0.15) is 62.3 Å². The third-order valence-electron chi connectivity index (χ3n) is 3.07. The second kappa shape index (κ2) is 7.08. The monoisotopic (exact) mass is 239 g/mol. The molecule has 1 heterocycles. The highest BCUT2D eigenvalue weighted by Gasteiger charge is 2.12. The van der Waals surface area contributed by atoms with Crippen molar-refractivity contribution in [1.82, 2.24) is 5.32 Å². The smallest absolute Gasteiger partial charge is 0.0388 e. The fourth-order valence-corrected chi connectivity index (χ4v) is 2.87. The van der Waals surface area contributed by atoms with Gasteiger partial charge < -0.3 is 5.32 Å². The van der Waals surface area contributed by atoms with Crippen molar-refractivity contribution in [1.29, 1.82) is 0 Å². The third-order valence-corrected chi connectivity index (χ3v) is 4.26. The summed E-state index contributed by atoms with van der Waals surface area (Å²) in [7, 11) is 0. The van der Waals surface area contributed by atoms with Crippen LogP contribution in [0.15, 0.2) is 12.1 Å². The van der Waals surface area contributed by atoms with Gasteiger partial charge in [0.2, 0.25) is 0 Å². The number of rotatable bonds is 7. The minimum absolute atomic E-state index is 0.500. The van der Waals surface area contributed by atoms with Gasteiger partial charge in [-0.1, -0.05) is 26.7 Å². The second-order valence-electron chi connectivity index (χ2n) is 4.58. The molecule has 1 aromatic rings. The summed E-state index contributed by atoms with van der Waals surface area (Å²) in [6, 6.07) is 5.65. The van der Waals surface area contributed by atoms with Crippen LogP contribution in [0.2, 0.25) is 0 Å². The maximum Gasteiger partial charge on any atom is 0.0388 e. The Labute approximate surface area is 104 Å². The Morgan fingerprint density at radius 2 is 2.06 bits per heavy atom. The van der Waals surface area contributed by atoms with Gasteiger partial charge in [0, 0.05) is 21.8 Å². The molecule has 16 heavy (non-hydrogen) atoms. The highest BCUT2D eigenvalue weighted by atomic mass is 32.1.